The predicted octanol–water partition coefficient (Wildman–Crippen LogP) is 11.0. The number of carbonyl (C=O) groups is 2. The van der Waals surface area contributed by atoms with Gasteiger partial charge in [0, 0.05) is 19.4 Å². The van der Waals surface area contributed by atoms with Crippen molar-refractivity contribution in [2.24, 2.45) is 0 Å². The Morgan fingerprint density at radius 1 is 0.615 bits per heavy atom. The van der Waals surface area contributed by atoms with Gasteiger partial charge in [-0.1, -0.05) is 151 Å². The van der Waals surface area contributed by atoms with Gasteiger partial charge in [-0.05, 0) is 58.4 Å². The molecule has 0 bridgehead atoms. The van der Waals surface area contributed by atoms with Crippen LogP contribution in [0.1, 0.15) is 142 Å². The Labute approximate surface area is 316 Å². The summed E-state index contributed by atoms with van der Waals surface area (Å²) in [4.78, 5) is 34.9. The Kier molecular flexibility index (Phi) is 36.3. The van der Waals surface area contributed by atoms with Gasteiger partial charge in [0.25, 0.3) is 0 Å². The van der Waals surface area contributed by atoms with E-state index in [9.17, 15) is 19.0 Å². The van der Waals surface area contributed by atoms with E-state index in [1.807, 2.05) is 12.2 Å². The van der Waals surface area contributed by atoms with Gasteiger partial charge in [0.15, 0.2) is 6.10 Å². The second-order valence-corrected chi connectivity index (χ2v) is 14.2. The summed E-state index contributed by atoms with van der Waals surface area (Å²) in [5.74, 6) is -0.911. The molecule has 0 amide bonds. The number of phosphoric acid groups is 1. The Morgan fingerprint density at radius 2 is 1.10 bits per heavy atom. The third-order valence-corrected chi connectivity index (χ3v) is 8.84. The minimum atomic E-state index is -4.36. The minimum Gasteiger partial charge on any atom is -0.462 e. The van der Waals surface area contributed by atoms with Crippen molar-refractivity contribution in [1.29, 1.82) is 0 Å². The van der Waals surface area contributed by atoms with E-state index in [0.29, 0.717) is 19.4 Å². The lowest BCUT2D eigenvalue weighted by Gasteiger charge is -2.20. The Bertz CT molecular complexity index is 1080. The largest absolute Gasteiger partial charge is 0.472 e. The van der Waals surface area contributed by atoms with E-state index in [2.05, 4.69) is 79.9 Å². The number of likely N-dealkylation sites (N-methyl/N-ethyl adjacent to an activating group) is 1. The normalized spacial score (nSPS) is 14.2. The van der Waals surface area contributed by atoms with Crippen LogP contribution in [-0.2, 0) is 32.7 Å². The van der Waals surface area contributed by atoms with Crippen LogP contribution in [0.25, 0.3) is 0 Å². The van der Waals surface area contributed by atoms with Gasteiger partial charge in [0.1, 0.15) is 6.61 Å². The number of hydrogen-bond acceptors (Lipinski definition) is 8. The molecule has 0 aliphatic rings. The molecule has 0 rings (SSSR count). The van der Waals surface area contributed by atoms with Gasteiger partial charge in [0.05, 0.1) is 13.2 Å². The van der Waals surface area contributed by atoms with E-state index in [1.54, 1.807) is 7.05 Å². The molecule has 0 aromatic rings. The van der Waals surface area contributed by atoms with Gasteiger partial charge in [-0.2, -0.15) is 0 Å². The molecule has 2 atom stereocenters. The molecule has 0 radical (unpaired) electrons. The summed E-state index contributed by atoms with van der Waals surface area (Å²) in [6, 6.07) is 0. The molecule has 0 fully saturated rings. The number of allylic oxidation sites excluding steroid dienone is 12. The lowest BCUT2D eigenvalue weighted by Crippen LogP contribution is -2.29. The number of ether oxygens (including phenoxy) is 2. The maximum atomic E-state index is 12.5. The van der Waals surface area contributed by atoms with E-state index in [-0.39, 0.29) is 26.1 Å². The average molecular weight is 750 g/mol. The van der Waals surface area contributed by atoms with E-state index in [0.717, 1.165) is 57.8 Å². The Hall–Kier alpha value is -2.55. The van der Waals surface area contributed by atoms with Crippen molar-refractivity contribution in [1.82, 2.24) is 5.32 Å². The zero-order valence-electron chi connectivity index (χ0n) is 32.7. The van der Waals surface area contributed by atoms with E-state index < -0.39 is 32.5 Å². The van der Waals surface area contributed by atoms with Crippen molar-refractivity contribution >= 4 is 19.8 Å². The summed E-state index contributed by atoms with van der Waals surface area (Å²) in [6.07, 6.45) is 43.9. The van der Waals surface area contributed by atoms with Crippen molar-refractivity contribution in [2.45, 2.75) is 148 Å². The summed E-state index contributed by atoms with van der Waals surface area (Å²) in [6.45, 7) is 3.99. The first-order valence-electron chi connectivity index (χ1n) is 19.9. The highest BCUT2D eigenvalue weighted by atomic mass is 31.2. The van der Waals surface area contributed by atoms with Crippen LogP contribution < -0.4 is 5.32 Å². The zero-order chi connectivity index (χ0) is 38.2. The first-order valence-corrected chi connectivity index (χ1v) is 21.4. The molecule has 0 saturated heterocycles. The molecule has 0 aromatic heterocycles. The molecule has 0 saturated carbocycles. The molecule has 10 heteroatoms. The van der Waals surface area contributed by atoms with Crippen LogP contribution in [0.4, 0.5) is 0 Å². The van der Waals surface area contributed by atoms with Gasteiger partial charge < -0.3 is 19.7 Å². The fourth-order valence-corrected chi connectivity index (χ4v) is 5.62. The van der Waals surface area contributed by atoms with E-state index in [1.165, 1.54) is 44.9 Å². The van der Waals surface area contributed by atoms with Crippen LogP contribution in [0.2, 0.25) is 0 Å². The van der Waals surface area contributed by atoms with Crippen molar-refractivity contribution in [3.8, 4) is 0 Å². The monoisotopic (exact) mass is 749 g/mol. The van der Waals surface area contributed by atoms with Crippen molar-refractivity contribution < 1.29 is 37.6 Å². The maximum absolute atomic E-state index is 12.5. The lowest BCUT2D eigenvalue weighted by atomic mass is 10.1. The first kappa shape index (κ1) is 49.5. The Morgan fingerprint density at radius 3 is 1.60 bits per heavy atom. The highest BCUT2D eigenvalue weighted by molar-refractivity contribution is 7.47. The molecular weight excluding hydrogens is 677 g/mol. The van der Waals surface area contributed by atoms with Crippen LogP contribution in [0, 0.1) is 0 Å². The molecule has 0 spiro atoms. The molecule has 298 valence electrons. The number of carbonyl (C=O) groups excluding carboxylic acids is 2. The van der Waals surface area contributed by atoms with Crippen LogP contribution in [-0.4, -0.2) is 56.3 Å². The van der Waals surface area contributed by atoms with Crippen molar-refractivity contribution in [3.63, 3.8) is 0 Å². The quantitative estimate of drug-likeness (QED) is 0.0279. The minimum absolute atomic E-state index is 0.0306. The molecule has 2 N–H and O–H groups in total. The van der Waals surface area contributed by atoms with Crippen LogP contribution in [0.15, 0.2) is 72.9 Å². The molecule has 0 aliphatic carbocycles. The molecule has 52 heavy (non-hydrogen) atoms. The number of nitrogens with one attached hydrogen (secondary N) is 1. The number of rotatable bonds is 36. The third kappa shape index (κ3) is 37.2. The smallest absolute Gasteiger partial charge is 0.462 e. The number of esters is 2. The van der Waals surface area contributed by atoms with Crippen LogP contribution >= 0.6 is 7.82 Å². The van der Waals surface area contributed by atoms with Crippen LogP contribution in [0.5, 0.6) is 0 Å². The number of unbranched alkanes of at least 4 members (excludes halogenated alkanes) is 10. The van der Waals surface area contributed by atoms with Crippen molar-refractivity contribution in [3.05, 3.63) is 72.9 Å². The lowest BCUT2D eigenvalue weighted by molar-refractivity contribution is -0.161. The number of phosphoric ester groups is 1. The summed E-state index contributed by atoms with van der Waals surface area (Å²) in [5, 5.41) is 2.81. The summed E-state index contributed by atoms with van der Waals surface area (Å²) in [5.41, 5.74) is 0. The summed E-state index contributed by atoms with van der Waals surface area (Å²) < 4.78 is 33.0. The molecule has 0 aromatic carbocycles. The fourth-order valence-electron chi connectivity index (χ4n) is 4.87. The van der Waals surface area contributed by atoms with Gasteiger partial charge >= 0.3 is 19.8 Å². The van der Waals surface area contributed by atoms with Gasteiger partial charge in [-0.25, -0.2) is 4.57 Å². The standard InChI is InChI=1S/C42H72NO8P/c1-4-6-8-10-12-14-16-17-18-19-20-21-22-23-25-26-28-30-32-34-41(44)48-38-40(39-50-52(46,47)49-37-36-43-3)51-42(45)35-33-31-29-27-24-15-13-11-9-7-5-2/h6,8,12,14,17-18,20-21,23,25,28,30,40,43H,4-5,7,9-11,13,15-16,19,22,24,26-27,29,31-39H2,1-3H3,(H,46,47)/b8-6-,14-12-,18-17-,21-20-,25-23-,30-28-. The molecular formula is C42H72NO8P. The third-order valence-electron chi connectivity index (χ3n) is 7.85. The van der Waals surface area contributed by atoms with E-state index >= 15 is 0 Å². The molecule has 0 heterocycles. The number of hydrogen-bond donors (Lipinski definition) is 2. The second-order valence-electron chi connectivity index (χ2n) is 12.7. The fraction of sp³-hybridized carbons (Fsp3) is 0.667. The predicted molar refractivity (Wildman–Crippen MR) is 215 cm³/mol. The zero-order valence-corrected chi connectivity index (χ0v) is 33.6. The SMILES string of the molecule is CC/C=C\C/C=C\C/C=C\C/C=C\C/C=C\C/C=C\CCC(=O)OCC(COP(=O)(O)OCCNC)OC(=O)CCCCCCCCCCCCC. The molecule has 2 unspecified atom stereocenters. The highest BCUT2D eigenvalue weighted by Crippen LogP contribution is 2.43. The average Bonchev–Trinajstić information content (AvgIpc) is 3.12. The summed E-state index contributed by atoms with van der Waals surface area (Å²) in [7, 11) is -2.67. The van der Waals surface area contributed by atoms with Gasteiger partial charge in [0.2, 0.25) is 0 Å². The van der Waals surface area contributed by atoms with E-state index in [4.69, 9.17) is 18.5 Å². The second kappa shape index (κ2) is 38.2. The molecule has 0 aliphatic heterocycles. The first-order chi connectivity index (χ1) is 25.3. The van der Waals surface area contributed by atoms with Gasteiger partial charge in [-0.3, -0.25) is 18.6 Å². The van der Waals surface area contributed by atoms with Crippen LogP contribution in [0.3, 0.4) is 0 Å². The van der Waals surface area contributed by atoms with Crippen molar-refractivity contribution in [2.75, 3.05) is 33.4 Å². The highest BCUT2D eigenvalue weighted by Gasteiger charge is 2.26. The Balaban J connectivity index is 4.39. The molecule has 9 nitrogen and oxygen atoms in total. The topological polar surface area (TPSA) is 120 Å². The maximum Gasteiger partial charge on any atom is 0.472 e. The summed E-state index contributed by atoms with van der Waals surface area (Å²) >= 11 is 0. The van der Waals surface area contributed by atoms with Gasteiger partial charge in [-0.15, -0.1) is 0 Å².